The number of nitrogens with one attached hydrogen (secondary N) is 2. The summed E-state index contributed by atoms with van der Waals surface area (Å²) in [6, 6.07) is 19.1. The van der Waals surface area contributed by atoms with E-state index in [-0.39, 0.29) is 6.03 Å². The first-order valence-corrected chi connectivity index (χ1v) is 9.48. The molecule has 0 aliphatic carbocycles. The van der Waals surface area contributed by atoms with Gasteiger partial charge in [0.15, 0.2) is 0 Å². The number of ether oxygens (including phenoxy) is 1. The van der Waals surface area contributed by atoms with Crippen molar-refractivity contribution in [2.24, 2.45) is 5.92 Å². The maximum atomic E-state index is 12.2. The van der Waals surface area contributed by atoms with Crippen molar-refractivity contribution in [3.05, 3.63) is 72.6 Å². The van der Waals surface area contributed by atoms with Crippen molar-refractivity contribution in [2.45, 2.75) is 20.3 Å². The van der Waals surface area contributed by atoms with Crippen LogP contribution < -0.4 is 15.4 Å². The number of anilines is 1. The first-order chi connectivity index (χ1) is 13.6. The third kappa shape index (κ3) is 5.61. The van der Waals surface area contributed by atoms with Gasteiger partial charge in [-0.25, -0.2) is 9.48 Å². The molecule has 0 spiro atoms. The van der Waals surface area contributed by atoms with Gasteiger partial charge in [0.2, 0.25) is 0 Å². The highest BCUT2D eigenvalue weighted by atomic mass is 16.5. The fourth-order valence-corrected chi connectivity index (χ4v) is 2.64. The smallest absolute Gasteiger partial charge is 0.319 e. The van der Waals surface area contributed by atoms with Crippen molar-refractivity contribution >= 4 is 11.7 Å². The SMILES string of the molecule is CC(C)COc1ccccc1NC(=O)NCCc1ccn(-c2ccccc2)n1. The van der Waals surface area contributed by atoms with Gasteiger partial charge in [0.1, 0.15) is 5.75 Å². The van der Waals surface area contributed by atoms with Gasteiger partial charge in [-0.1, -0.05) is 44.2 Å². The summed E-state index contributed by atoms with van der Waals surface area (Å²) >= 11 is 0. The van der Waals surface area contributed by atoms with E-state index in [0.29, 0.717) is 36.9 Å². The maximum Gasteiger partial charge on any atom is 0.319 e. The summed E-state index contributed by atoms with van der Waals surface area (Å²) < 4.78 is 7.59. The monoisotopic (exact) mass is 378 g/mol. The molecule has 2 amide bonds. The normalized spacial score (nSPS) is 10.7. The highest BCUT2D eigenvalue weighted by molar-refractivity contribution is 5.90. The molecule has 0 aliphatic heterocycles. The molecule has 0 fully saturated rings. The lowest BCUT2D eigenvalue weighted by Gasteiger charge is -2.14. The van der Waals surface area contributed by atoms with E-state index in [0.717, 1.165) is 11.4 Å². The Morgan fingerprint density at radius 3 is 2.61 bits per heavy atom. The number of benzene rings is 2. The van der Waals surface area contributed by atoms with Gasteiger partial charge in [-0.2, -0.15) is 5.10 Å². The molecular weight excluding hydrogens is 352 g/mol. The van der Waals surface area contributed by atoms with E-state index in [9.17, 15) is 4.79 Å². The Morgan fingerprint density at radius 1 is 1.07 bits per heavy atom. The molecule has 146 valence electrons. The fraction of sp³-hybridized carbons (Fsp3) is 0.273. The molecule has 1 aromatic heterocycles. The van der Waals surface area contributed by atoms with Crippen molar-refractivity contribution < 1.29 is 9.53 Å². The predicted molar refractivity (Wildman–Crippen MR) is 111 cm³/mol. The Kier molecular flexibility index (Phi) is 6.68. The predicted octanol–water partition coefficient (Wildman–Crippen LogP) is 4.27. The number of amides is 2. The second kappa shape index (κ2) is 9.60. The number of hydrogen-bond acceptors (Lipinski definition) is 3. The molecule has 0 bridgehead atoms. The number of nitrogens with zero attached hydrogens (tertiary/aromatic N) is 2. The van der Waals surface area contributed by atoms with Crippen LogP contribution in [0.4, 0.5) is 10.5 Å². The molecule has 0 unspecified atom stereocenters. The molecule has 3 rings (SSSR count). The lowest BCUT2D eigenvalue weighted by atomic mass is 10.2. The van der Waals surface area contributed by atoms with E-state index in [4.69, 9.17) is 4.74 Å². The quantitative estimate of drug-likeness (QED) is 0.615. The summed E-state index contributed by atoms with van der Waals surface area (Å²) in [5, 5.41) is 10.3. The molecule has 2 aromatic carbocycles. The average Bonchev–Trinajstić information content (AvgIpc) is 3.17. The molecule has 0 saturated heterocycles. The molecule has 0 saturated carbocycles. The van der Waals surface area contributed by atoms with Gasteiger partial charge >= 0.3 is 6.03 Å². The minimum atomic E-state index is -0.261. The first-order valence-electron chi connectivity index (χ1n) is 9.48. The molecule has 0 radical (unpaired) electrons. The lowest BCUT2D eigenvalue weighted by molar-refractivity contribution is 0.251. The van der Waals surface area contributed by atoms with E-state index < -0.39 is 0 Å². The summed E-state index contributed by atoms with van der Waals surface area (Å²) in [7, 11) is 0. The molecule has 6 heteroatoms. The number of aromatic nitrogens is 2. The molecule has 6 nitrogen and oxygen atoms in total. The molecular formula is C22H26N4O2. The zero-order chi connectivity index (χ0) is 19.8. The number of urea groups is 1. The second-order valence-corrected chi connectivity index (χ2v) is 6.92. The topological polar surface area (TPSA) is 68.2 Å². The summed E-state index contributed by atoms with van der Waals surface area (Å²) in [4.78, 5) is 12.2. The third-order valence-electron chi connectivity index (χ3n) is 4.04. The van der Waals surface area contributed by atoms with E-state index in [1.165, 1.54) is 0 Å². The third-order valence-corrected chi connectivity index (χ3v) is 4.04. The Bertz CT molecular complexity index is 890. The van der Waals surface area contributed by atoms with Crippen LogP contribution in [-0.4, -0.2) is 29.0 Å². The lowest BCUT2D eigenvalue weighted by Crippen LogP contribution is -2.30. The Hall–Kier alpha value is -3.28. The summed E-state index contributed by atoms with van der Waals surface area (Å²) in [6.45, 7) is 5.26. The van der Waals surface area contributed by atoms with Crippen molar-refractivity contribution in [3.63, 3.8) is 0 Å². The molecule has 3 aromatic rings. The minimum absolute atomic E-state index is 0.261. The van der Waals surface area contributed by atoms with E-state index >= 15 is 0 Å². The zero-order valence-corrected chi connectivity index (χ0v) is 16.3. The van der Waals surface area contributed by atoms with Crippen LogP contribution >= 0.6 is 0 Å². The van der Waals surface area contributed by atoms with Gasteiger partial charge in [0.25, 0.3) is 0 Å². The molecule has 28 heavy (non-hydrogen) atoms. The van der Waals surface area contributed by atoms with Gasteiger partial charge in [-0.3, -0.25) is 0 Å². The van der Waals surface area contributed by atoms with Crippen molar-refractivity contribution in [2.75, 3.05) is 18.5 Å². The summed E-state index contributed by atoms with van der Waals surface area (Å²) in [5.74, 6) is 1.09. The largest absolute Gasteiger partial charge is 0.491 e. The van der Waals surface area contributed by atoms with Gasteiger partial charge < -0.3 is 15.4 Å². The van der Waals surface area contributed by atoms with Gasteiger partial charge in [0, 0.05) is 19.2 Å². The first kappa shape index (κ1) is 19.5. The molecule has 1 heterocycles. The average molecular weight is 378 g/mol. The number of carbonyl (C=O) groups excluding carboxylic acids is 1. The van der Waals surface area contributed by atoms with Crippen LogP contribution in [-0.2, 0) is 6.42 Å². The van der Waals surface area contributed by atoms with Crippen LogP contribution in [0.25, 0.3) is 5.69 Å². The fourth-order valence-electron chi connectivity index (χ4n) is 2.64. The summed E-state index contributed by atoms with van der Waals surface area (Å²) in [6.07, 6.45) is 2.58. The van der Waals surface area contributed by atoms with Crippen LogP contribution in [0.5, 0.6) is 5.75 Å². The van der Waals surface area contributed by atoms with E-state index in [2.05, 4.69) is 29.6 Å². The standard InChI is InChI=1S/C22H26N4O2/c1-17(2)16-28-21-11-7-6-10-20(21)24-22(27)23-14-12-18-13-15-26(25-18)19-8-4-3-5-9-19/h3-11,13,15,17H,12,14,16H2,1-2H3,(H2,23,24,27). The number of para-hydroxylation sites is 3. The molecule has 0 aliphatic rings. The number of hydrogen-bond donors (Lipinski definition) is 2. The highest BCUT2D eigenvalue weighted by Gasteiger charge is 2.08. The van der Waals surface area contributed by atoms with Crippen molar-refractivity contribution in [1.82, 2.24) is 15.1 Å². The van der Waals surface area contributed by atoms with Crippen molar-refractivity contribution in [3.8, 4) is 11.4 Å². The van der Waals surface area contributed by atoms with Crippen LogP contribution in [0.15, 0.2) is 66.9 Å². The summed E-state index contributed by atoms with van der Waals surface area (Å²) in [5.41, 5.74) is 2.59. The van der Waals surface area contributed by atoms with E-state index in [1.54, 1.807) is 0 Å². The second-order valence-electron chi connectivity index (χ2n) is 6.92. The molecule has 0 atom stereocenters. The van der Waals surface area contributed by atoms with Crippen LogP contribution in [0.1, 0.15) is 19.5 Å². The highest BCUT2D eigenvalue weighted by Crippen LogP contribution is 2.24. The number of rotatable bonds is 8. The Labute approximate surface area is 165 Å². The van der Waals surface area contributed by atoms with Gasteiger partial charge in [-0.15, -0.1) is 0 Å². The number of carbonyl (C=O) groups is 1. The van der Waals surface area contributed by atoms with Crippen LogP contribution in [0, 0.1) is 5.92 Å². The maximum absolute atomic E-state index is 12.2. The molecule has 2 N–H and O–H groups in total. The zero-order valence-electron chi connectivity index (χ0n) is 16.3. The van der Waals surface area contributed by atoms with Crippen LogP contribution in [0.3, 0.4) is 0 Å². The van der Waals surface area contributed by atoms with Gasteiger partial charge in [0.05, 0.1) is 23.7 Å². The van der Waals surface area contributed by atoms with E-state index in [1.807, 2.05) is 71.5 Å². The Morgan fingerprint density at radius 2 is 1.82 bits per heavy atom. The Balaban J connectivity index is 1.48. The minimum Gasteiger partial charge on any atom is -0.491 e. The van der Waals surface area contributed by atoms with Gasteiger partial charge in [-0.05, 0) is 36.2 Å². The van der Waals surface area contributed by atoms with Crippen molar-refractivity contribution in [1.29, 1.82) is 0 Å². The van der Waals surface area contributed by atoms with Crippen LogP contribution in [0.2, 0.25) is 0 Å².